The Morgan fingerprint density at radius 1 is 1.64 bits per heavy atom. The number of ether oxygens (including phenoxy) is 1. The number of rotatable bonds is 4. The molecule has 0 saturated carbocycles. The van der Waals surface area contributed by atoms with Gasteiger partial charge in [0.15, 0.2) is 6.73 Å². The van der Waals surface area contributed by atoms with Crippen molar-refractivity contribution < 1.29 is 14.3 Å². The summed E-state index contributed by atoms with van der Waals surface area (Å²) < 4.78 is 4.41. The minimum Gasteiger partial charge on any atom is -0.443 e. The molecule has 0 aromatic carbocycles. The lowest BCUT2D eigenvalue weighted by Crippen LogP contribution is -2.26. The molecule has 62 valence electrons. The zero-order valence-corrected chi connectivity index (χ0v) is 6.56. The van der Waals surface area contributed by atoms with E-state index in [1.165, 1.54) is 0 Å². The molecule has 4 nitrogen and oxygen atoms in total. The van der Waals surface area contributed by atoms with Crippen molar-refractivity contribution in [1.82, 2.24) is 5.32 Å². The number of carbonyl (C=O) groups is 2. The van der Waals surface area contributed by atoms with Crippen molar-refractivity contribution in [3.8, 4) is 0 Å². The molecular formula is C6H8ClNO3. The number of amides is 1. The maximum Gasteiger partial charge on any atom is 0.322 e. The minimum atomic E-state index is -0.573. The van der Waals surface area contributed by atoms with Crippen LogP contribution in [0, 0.1) is 0 Å². The highest BCUT2D eigenvalue weighted by Gasteiger charge is 1.98. The third-order valence-corrected chi connectivity index (χ3v) is 0.992. The van der Waals surface area contributed by atoms with Crippen LogP contribution in [-0.2, 0) is 14.3 Å². The van der Waals surface area contributed by atoms with E-state index in [0.29, 0.717) is 0 Å². The van der Waals surface area contributed by atoms with Gasteiger partial charge in [-0.25, -0.2) is 0 Å². The summed E-state index contributed by atoms with van der Waals surface area (Å²) in [6.07, 6.45) is 1.08. The van der Waals surface area contributed by atoms with Crippen LogP contribution in [-0.4, -0.2) is 24.5 Å². The topological polar surface area (TPSA) is 55.4 Å². The number of hydrogen-bond acceptors (Lipinski definition) is 3. The summed E-state index contributed by atoms with van der Waals surface area (Å²) in [5.74, 6) is -1.19. The van der Waals surface area contributed by atoms with Gasteiger partial charge < -0.3 is 10.1 Å². The lowest BCUT2D eigenvalue weighted by molar-refractivity contribution is -0.142. The van der Waals surface area contributed by atoms with E-state index >= 15 is 0 Å². The molecule has 0 aliphatic rings. The number of hydrogen-bond donors (Lipinski definition) is 1. The van der Waals surface area contributed by atoms with Crippen molar-refractivity contribution in [2.24, 2.45) is 0 Å². The summed E-state index contributed by atoms with van der Waals surface area (Å²) in [5.41, 5.74) is 0. The second-order valence-corrected chi connectivity index (χ2v) is 1.81. The van der Waals surface area contributed by atoms with Gasteiger partial charge in [0.2, 0.25) is 5.91 Å². The van der Waals surface area contributed by atoms with Crippen LogP contribution in [0.2, 0.25) is 0 Å². The van der Waals surface area contributed by atoms with E-state index in [2.05, 4.69) is 16.6 Å². The van der Waals surface area contributed by atoms with E-state index in [9.17, 15) is 9.59 Å². The minimum absolute atomic E-state index is 0.170. The van der Waals surface area contributed by atoms with Crippen LogP contribution in [0.1, 0.15) is 0 Å². The average Bonchev–Trinajstić information content (AvgIpc) is 2.04. The summed E-state index contributed by atoms with van der Waals surface area (Å²) in [7, 11) is 0. The fourth-order valence-electron chi connectivity index (χ4n) is 0.298. The Labute approximate surface area is 69.2 Å². The van der Waals surface area contributed by atoms with E-state index in [1.54, 1.807) is 0 Å². The summed E-state index contributed by atoms with van der Waals surface area (Å²) in [6.45, 7) is 3.03. The van der Waals surface area contributed by atoms with Crippen LogP contribution in [0.4, 0.5) is 0 Å². The molecule has 5 heteroatoms. The maximum atomic E-state index is 10.4. The first-order valence-electron chi connectivity index (χ1n) is 2.82. The molecule has 0 aliphatic heterocycles. The summed E-state index contributed by atoms with van der Waals surface area (Å²) in [4.78, 5) is 20.8. The first kappa shape index (κ1) is 9.97. The molecule has 0 aromatic rings. The van der Waals surface area contributed by atoms with Gasteiger partial charge in [-0.2, -0.15) is 0 Å². The van der Waals surface area contributed by atoms with Gasteiger partial charge in [0.1, 0.15) is 5.88 Å². The molecule has 0 aromatic heterocycles. The predicted molar refractivity (Wildman–Crippen MR) is 40.0 cm³/mol. The lowest BCUT2D eigenvalue weighted by Gasteiger charge is -2.01. The second kappa shape index (κ2) is 5.73. The normalized spacial score (nSPS) is 8.45. The van der Waals surface area contributed by atoms with Crippen LogP contribution in [0.25, 0.3) is 0 Å². The molecule has 0 atom stereocenters. The van der Waals surface area contributed by atoms with E-state index in [0.717, 1.165) is 6.08 Å². The Balaban J connectivity index is 3.34. The molecule has 0 rings (SSSR count). The Morgan fingerprint density at radius 3 is 2.73 bits per heavy atom. The van der Waals surface area contributed by atoms with Gasteiger partial charge >= 0.3 is 5.97 Å². The Bertz CT molecular complexity index is 169. The monoisotopic (exact) mass is 177 g/mol. The van der Waals surface area contributed by atoms with Crippen molar-refractivity contribution in [2.75, 3.05) is 12.6 Å². The molecule has 1 N–H and O–H groups in total. The van der Waals surface area contributed by atoms with E-state index < -0.39 is 11.9 Å². The lowest BCUT2D eigenvalue weighted by atomic mass is 10.6. The third-order valence-electron chi connectivity index (χ3n) is 0.774. The molecule has 0 heterocycles. The average molecular weight is 178 g/mol. The number of esters is 1. The number of carbonyl (C=O) groups excluding carboxylic acids is 2. The zero-order chi connectivity index (χ0) is 8.69. The quantitative estimate of drug-likeness (QED) is 0.285. The Hall–Kier alpha value is -1.03. The van der Waals surface area contributed by atoms with Gasteiger partial charge in [-0.1, -0.05) is 6.58 Å². The van der Waals surface area contributed by atoms with Crippen LogP contribution in [0.5, 0.6) is 0 Å². The molecule has 0 spiro atoms. The number of halogens is 1. The Kier molecular flexibility index (Phi) is 5.20. The van der Waals surface area contributed by atoms with Crippen molar-refractivity contribution in [2.45, 2.75) is 0 Å². The molecule has 0 aliphatic carbocycles. The highest BCUT2D eigenvalue weighted by atomic mass is 35.5. The van der Waals surface area contributed by atoms with Crippen LogP contribution in [0.15, 0.2) is 12.7 Å². The Morgan fingerprint density at radius 2 is 2.27 bits per heavy atom. The van der Waals surface area contributed by atoms with Crippen LogP contribution >= 0.6 is 11.6 Å². The first-order valence-corrected chi connectivity index (χ1v) is 3.36. The molecule has 11 heavy (non-hydrogen) atoms. The van der Waals surface area contributed by atoms with Crippen molar-refractivity contribution in [3.05, 3.63) is 12.7 Å². The zero-order valence-electron chi connectivity index (χ0n) is 5.80. The molecular weight excluding hydrogens is 170 g/mol. The van der Waals surface area contributed by atoms with Crippen molar-refractivity contribution in [3.63, 3.8) is 0 Å². The van der Waals surface area contributed by atoms with Crippen LogP contribution < -0.4 is 5.32 Å². The van der Waals surface area contributed by atoms with Gasteiger partial charge in [-0.05, 0) is 6.08 Å². The fourth-order valence-corrected chi connectivity index (χ4v) is 0.376. The van der Waals surface area contributed by atoms with Gasteiger partial charge in [0.05, 0.1) is 0 Å². The SMILES string of the molecule is C=CC(=O)NCOC(=O)CCl. The predicted octanol–water partition coefficient (Wildman–Crippen LogP) is 0.0281. The van der Waals surface area contributed by atoms with E-state index in [-0.39, 0.29) is 12.6 Å². The summed E-state index contributed by atoms with van der Waals surface area (Å²) in [5, 5.41) is 2.24. The van der Waals surface area contributed by atoms with Crippen molar-refractivity contribution in [1.29, 1.82) is 0 Å². The fraction of sp³-hybridized carbons (Fsp3) is 0.333. The highest BCUT2D eigenvalue weighted by Crippen LogP contribution is 1.80. The van der Waals surface area contributed by atoms with E-state index in [1.807, 2.05) is 0 Å². The summed E-state index contributed by atoms with van der Waals surface area (Å²) in [6, 6.07) is 0. The van der Waals surface area contributed by atoms with Gasteiger partial charge in [-0.3, -0.25) is 9.59 Å². The maximum absolute atomic E-state index is 10.4. The van der Waals surface area contributed by atoms with Crippen molar-refractivity contribution >= 4 is 23.5 Å². The van der Waals surface area contributed by atoms with Crippen LogP contribution in [0.3, 0.4) is 0 Å². The molecule has 0 fully saturated rings. The van der Waals surface area contributed by atoms with Gasteiger partial charge in [-0.15, -0.1) is 11.6 Å². The molecule has 0 saturated heterocycles. The largest absolute Gasteiger partial charge is 0.443 e. The molecule has 1 amide bonds. The number of alkyl halides is 1. The van der Waals surface area contributed by atoms with Gasteiger partial charge in [0.25, 0.3) is 0 Å². The van der Waals surface area contributed by atoms with Gasteiger partial charge in [0, 0.05) is 0 Å². The second-order valence-electron chi connectivity index (χ2n) is 1.54. The molecule has 0 radical (unpaired) electrons. The van der Waals surface area contributed by atoms with E-state index in [4.69, 9.17) is 11.6 Å². The molecule has 0 unspecified atom stereocenters. The third kappa shape index (κ3) is 5.42. The standard InChI is InChI=1S/C6H8ClNO3/c1-2-5(9)8-4-11-6(10)3-7/h2H,1,3-4H2,(H,8,9). The highest BCUT2D eigenvalue weighted by molar-refractivity contribution is 6.26. The number of nitrogens with one attached hydrogen (secondary N) is 1. The first-order chi connectivity index (χ1) is 5.20. The molecule has 0 bridgehead atoms. The smallest absolute Gasteiger partial charge is 0.322 e. The summed E-state index contributed by atoms with van der Waals surface area (Å²) >= 11 is 5.09.